The average Bonchev–Trinajstić information content (AvgIpc) is 3.21. The molecule has 0 saturated carbocycles. The lowest BCUT2D eigenvalue weighted by atomic mass is 10.1. The highest BCUT2D eigenvalue weighted by Gasteiger charge is 2.25. The number of halogens is 2. The van der Waals surface area contributed by atoms with Crippen LogP contribution < -0.4 is 0 Å². The number of hydrogen-bond donors (Lipinski definition) is 1. The van der Waals surface area contributed by atoms with Gasteiger partial charge in [-0.2, -0.15) is 0 Å². The zero-order chi connectivity index (χ0) is 18.3. The van der Waals surface area contributed by atoms with Gasteiger partial charge in [-0.3, -0.25) is 9.69 Å². The van der Waals surface area contributed by atoms with Crippen LogP contribution in [0.25, 0.3) is 5.52 Å². The van der Waals surface area contributed by atoms with Gasteiger partial charge in [-0.15, -0.1) is 0 Å². The quantitative estimate of drug-likeness (QED) is 0.694. The molecule has 0 aliphatic carbocycles. The number of aliphatic hydroxyl groups is 1. The Labute approximate surface area is 160 Å². The van der Waals surface area contributed by atoms with Gasteiger partial charge in [0.1, 0.15) is 11.5 Å². The number of hydrogen-bond acceptors (Lipinski definition) is 4. The van der Waals surface area contributed by atoms with Crippen molar-refractivity contribution in [3.8, 4) is 0 Å². The van der Waals surface area contributed by atoms with Crippen LogP contribution in [0.2, 0.25) is 10.0 Å². The van der Waals surface area contributed by atoms with Crippen molar-refractivity contribution in [3.05, 3.63) is 69.7 Å². The van der Waals surface area contributed by atoms with Crippen LogP contribution in [0, 0.1) is 0 Å². The Morgan fingerprint density at radius 2 is 2.08 bits per heavy atom. The molecule has 1 aliphatic heterocycles. The smallest absolute Gasteiger partial charge is 0.215 e. The molecule has 1 unspecified atom stereocenters. The molecule has 0 spiro atoms. The topological polar surface area (TPSA) is 57.8 Å². The number of pyridine rings is 1. The average molecular weight is 390 g/mol. The lowest BCUT2D eigenvalue weighted by Crippen LogP contribution is -2.22. The van der Waals surface area contributed by atoms with Crippen molar-refractivity contribution in [1.29, 1.82) is 0 Å². The molecule has 1 atom stereocenters. The van der Waals surface area contributed by atoms with Gasteiger partial charge in [-0.05, 0) is 30.7 Å². The Hall–Kier alpha value is -1.92. The van der Waals surface area contributed by atoms with E-state index in [9.17, 15) is 9.90 Å². The van der Waals surface area contributed by atoms with Crippen LogP contribution in [0.15, 0.2) is 42.6 Å². The number of β-amino-alcohol motifs (C(OH)–C–C–N with tert-alkyl or cyclic N) is 1. The number of nitrogens with zero attached hydrogens (tertiary/aromatic N) is 3. The molecule has 1 fully saturated rings. The zero-order valence-corrected chi connectivity index (χ0v) is 15.4. The third-order valence-corrected chi connectivity index (χ3v) is 5.46. The Morgan fingerprint density at radius 3 is 2.85 bits per heavy atom. The summed E-state index contributed by atoms with van der Waals surface area (Å²) in [5.41, 5.74) is 1.42. The predicted octanol–water partition coefficient (Wildman–Crippen LogP) is 3.44. The molecule has 2 aromatic heterocycles. The number of ketones is 1. The minimum absolute atomic E-state index is 0.237. The number of carbonyl (C=O) groups is 1. The van der Waals surface area contributed by atoms with Gasteiger partial charge < -0.3 is 9.51 Å². The lowest BCUT2D eigenvalue weighted by molar-refractivity contribution is 0.103. The Kier molecular flexibility index (Phi) is 4.71. The van der Waals surface area contributed by atoms with Crippen LogP contribution in [0.5, 0.6) is 0 Å². The zero-order valence-electron chi connectivity index (χ0n) is 13.9. The maximum absolute atomic E-state index is 13.1. The van der Waals surface area contributed by atoms with Crippen molar-refractivity contribution in [2.24, 2.45) is 0 Å². The van der Waals surface area contributed by atoms with Gasteiger partial charge in [-0.1, -0.05) is 35.3 Å². The number of aliphatic hydroxyl groups excluding tert-OH is 1. The molecule has 3 aromatic rings. The van der Waals surface area contributed by atoms with Crippen LogP contribution in [0.3, 0.4) is 0 Å². The van der Waals surface area contributed by atoms with Crippen LogP contribution in [0.1, 0.15) is 28.3 Å². The van der Waals surface area contributed by atoms with Crippen LogP contribution in [-0.2, 0) is 6.54 Å². The third kappa shape index (κ3) is 3.12. The number of benzene rings is 1. The standard InChI is InChI=1S/C19H17Cl2N3O2/c20-14-5-3-4-13(17(14)21)19(26)18-15-6-1-2-8-24(15)16(22-18)11-23-9-7-12(25)10-23/h1-6,8,12,25H,7,9-11H2. The summed E-state index contributed by atoms with van der Waals surface area (Å²) in [5.74, 6) is 0.505. The largest absolute Gasteiger partial charge is 0.392 e. The van der Waals surface area contributed by atoms with Gasteiger partial charge in [-0.25, -0.2) is 4.98 Å². The van der Waals surface area contributed by atoms with Gasteiger partial charge in [0, 0.05) is 24.8 Å². The van der Waals surface area contributed by atoms with E-state index in [4.69, 9.17) is 23.2 Å². The maximum atomic E-state index is 13.1. The van der Waals surface area contributed by atoms with Crippen molar-refractivity contribution in [1.82, 2.24) is 14.3 Å². The minimum atomic E-state index is -0.299. The van der Waals surface area contributed by atoms with E-state index in [0.29, 0.717) is 29.4 Å². The van der Waals surface area contributed by atoms with E-state index in [-0.39, 0.29) is 16.9 Å². The first-order valence-corrected chi connectivity index (χ1v) is 9.15. The molecule has 0 amide bonds. The number of carbonyl (C=O) groups excluding carboxylic acids is 1. The fourth-order valence-electron chi connectivity index (χ4n) is 3.34. The molecule has 5 nitrogen and oxygen atoms in total. The molecular formula is C19H17Cl2N3O2. The number of fused-ring (bicyclic) bond motifs is 1. The summed E-state index contributed by atoms with van der Waals surface area (Å²) < 4.78 is 1.91. The second-order valence-electron chi connectivity index (χ2n) is 6.44. The second kappa shape index (κ2) is 7.00. The van der Waals surface area contributed by atoms with Gasteiger partial charge in [0.2, 0.25) is 5.78 Å². The first-order chi connectivity index (χ1) is 12.5. The summed E-state index contributed by atoms with van der Waals surface area (Å²) in [6.45, 7) is 2.00. The van der Waals surface area contributed by atoms with Crippen molar-refractivity contribution in [2.45, 2.75) is 19.1 Å². The van der Waals surface area contributed by atoms with E-state index < -0.39 is 0 Å². The molecule has 7 heteroatoms. The lowest BCUT2D eigenvalue weighted by Gasteiger charge is -2.13. The van der Waals surface area contributed by atoms with Crippen LogP contribution >= 0.6 is 23.2 Å². The third-order valence-electron chi connectivity index (χ3n) is 4.65. The summed E-state index contributed by atoms with van der Waals surface area (Å²) >= 11 is 12.3. The van der Waals surface area contributed by atoms with Crippen molar-refractivity contribution in [2.75, 3.05) is 13.1 Å². The van der Waals surface area contributed by atoms with Crippen molar-refractivity contribution >= 4 is 34.5 Å². The predicted molar refractivity (Wildman–Crippen MR) is 101 cm³/mol. The monoisotopic (exact) mass is 389 g/mol. The Balaban J connectivity index is 1.76. The van der Waals surface area contributed by atoms with E-state index in [1.54, 1.807) is 18.2 Å². The summed E-state index contributed by atoms with van der Waals surface area (Å²) in [4.78, 5) is 19.8. The molecule has 1 N–H and O–H groups in total. The first kappa shape index (κ1) is 17.5. The molecule has 0 bridgehead atoms. The SMILES string of the molecule is O=C(c1cccc(Cl)c1Cl)c1nc(CN2CCC(O)C2)n2ccccc12. The van der Waals surface area contributed by atoms with Gasteiger partial charge in [0.05, 0.1) is 28.2 Å². The summed E-state index contributed by atoms with van der Waals surface area (Å²) in [7, 11) is 0. The molecule has 1 aliphatic rings. The van der Waals surface area contributed by atoms with Crippen LogP contribution in [-0.4, -0.2) is 44.4 Å². The minimum Gasteiger partial charge on any atom is -0.392 e. The van der Waals surface area contributed by atoms with Crippen molar-refractivity contribution < 1.29 is 9.90 Å². The molecule has 3 heterocycles. The van der Waals surface area contributed by atoms with E-state index >= 15 is 0 Å². The fourth-order valence-corrected chi connectivity index (χ4v) is 3.73. The molecule has 1 aromatic carbocycles. The number of likely N-dealkylation sites (tertiary alicyclic amines) is 1. The normalized spacial score (nSPS) is 17.9. The molecular weight excluding hydrogens is 373 g/mol. The highest BCUT2D eigenvalue weighted by molar-refractivity contribution is 6.44. The van der Waals surface area contributed by atoms with Gasteiger partial charge in [0.25, 0.3) is 0 Å². The summed E-state index contributed by atoms with van der Waals surface area (Å²) in [5, 5.41) is 10.3. The van der Waals surface area contributed by atoms with E-state index in [1.165, 1.54) is 0 Å². The van der Waals surface area contributed by atoms with E-state index in [2.05, 4.69) is 9.88 Å². The van der Waals surface area contributed by atoms with Crippen LogP contribution in [0.4, 0.5) is 0 Å². The molecule has 4 rings (SSSR count). The van der Waals surface area contributed by atoms with E-state index in [0.717, 1.165) is 24.3 Å². The molecule has 26 heavy (non-hydrogen) atoms. The number of rotatable bonds is 4. The Bertz CT molecular complexity index is 986. The number of aromatic nitrogens is 2. The first-order valence-electron chi connectivity index (χ1n) is 8.39. The van der Waals surface area contributed by atoms with E-state index in [1.807, 2.05) is 28.8 Å². The van der Waals surface area contributed by atoms with Crippen molar-refractivity contribution in [3.63, 3.8) is 0 Å². The molecule has 0 radical (unpaired) electrons. The molecule has 134 valence electrons. The Morgan fingerprint density at radius 1 is 1.23 bits per heavy atom. The fraction of sp³-hybridized carbons (Fsp3) is 0.263. The summed E-state index contributed by atoms with van der Waals surface area (Å²) in [6.07, 6.45) is 2.35. The highest BCUT2D eigenvalue weighted by Crippen LogP contribution is 2.28. The highest BCUT2D eigenvalue weighted by atomic mass is 35.5. The van der Waals surface area contributed by atoms with Gasteiger partial charge >= 0.3 is 0 Å². The summed E-state index contributed by atoms with van der Waals surface area (Å²) in [6, 6.07) is 10.6. The molecule has 1 saturated heterocycles. The van der Waals surface area contributed by atoms with Gasteiger partial charge in [0.15, 0.2) is 0 Å². The second-order valence-corrected chi connectivity index (χ2v) is 7.23. The maximum Gasteiger partial charge on any atom is 0.215 e. The number of imidazole rings is 1.